The fourth-order valence-corrected chi connectivity index (χ4v) is 4.85. The lowest BCUT2D eigenvalue weighted by Gasteiger charge is -2.11. The van der Waals surface area contributed by atoms with Gasteiger partial charge < -0.3 is 10.4 Å². The molecule has 0 saturated heterocycles. The number of pyridine rings is 1. The van der Waals surface area contributed by atoms with Crippen molar-refractivity contribution in [3.8, 4) is 0 Å². The maximum atomic E-state index is 12.9. The van der Waals surface area contributed by atoms with E-state index in [1.807, 2.05) is 23.8 Å². The summed E-state index contributed by atoms with van der Waals surface area (Å²) in [6.45, 7) is 2.33. The van der Waals surface area contributed by atoms with Crippen LogP contribution in [0.25, 0.3) is 0 Å². The van der Waals surface area contributed by atoms with E-state index in [4.69, 9.17) is 11.6 Å². The van der Waals surface area contributed by atoms with Crippen LogP contribution in [0.2, 0.25) is 5.02 Å². The van der Waals surface area contributed by atoms with Gasteiger partial charge in [0.05, 0.1) is 10.5 Å². The van der Waals surface area contributed by atoms with Crippen LogP contribution in [0.5, 0.6) is 0 Å². The van der Waals surface area contributed by atoms with Crippen molar-refractivity contribution >= 4 is 39.4 Å². The first kappa shape index (κ1) is 28.8. The van der Waals surface area contributed by atoms with Crippen LogP contribution < -0.4 is 10.0 Å². The van der Waals surface area contributed by atoms with Crippen LogP contribution in [0.3, 0.4) is 0 Å². The van der Waals surface area contributed by atoms with E-state index in [1.54, 1.807) is 12.1 Å². The fraction of sp³-hybridized carbons (Fsp3) is 0.259. The highest BCUT2D eigenvalue weighted by atomic mass is 35.5. The molecule has 9 nitrogen and oxygen atoms in total. The third-order valence-electron chi connectivity index (χ3n) is 5.73. The van der Waals surface area contributed by atoms with E-state index >= 15 is 0 Å². The third-order valence-corrected chi connectivity index (χ3v) is 7.31. The Kier molecular flexibility index (Phi) is 9.98. The molecule has 3 rings (SSSR count). The molecule has 0 bridgehead atoms. The number of carboxylic acid groups (broad SMARTS) is 1. The Balaban J connectivity index is 1.69. The van der Waals surface area contributed by atoms with Gasteiger partial charge in [0.15, 0.2) is 5.69 Å². The minimum Gasteiger partial charge on any atom is -0.477 e. The number of halogens is 1. The Hall–Kier alpha value is -3.76. The predicted molar refractivity (Wildman–Crippen MR) is 143 cm³/mol. The SMILES string of the molecule is CCCCCc1cc(C(=O)NS(=O)(=O)c2cccc(C(=O)NCCc3ccc(Cl)cc3)c2)cnc1C(=O)O. The lowest BCUT2D eigenvalue weighted by molar-refractivity contribution is 0.0688. The number of sulfonamides is 1. The second kappa shape index (κ2) is 13.2. The molecule has 1 heterocycles. The number of nitrogens with zero attached hydrogens (tertiary/aromatic N) is 1. The van der Waals surface area contributed by atoms with Crippen molar-refractivity contribution in [2.45, 2.75) is 43.9 Å². The number of rotatable bonds is 12. The van der Waals surface area contributed by atoms with Crippen molar-refractivity contribution in [2.75, 3.05) is 6.54 Å². The standard InChI is InChI=1S/C27H28ClN3O6S/c1-2-3-4-6-19-15-21(17-30-24(19)27(34)35)26(33)31-38(36,37)23-8-5-7-20(16-23)25(32)29-14-13-18-9-11-22(28)12-10-18/h5,7-12,15-17H,2-4,6,13-14H2,1H3,(H,29,32)(H,31,33)(H,34,35). The Morgan fingerprint density at radius 1 is 0.947 bits per heavy atom. The number of aryl methyl sites for hydroxylation is 1. The van der Waals surface area contributed by atoms with Crippen LogP contribution in [0.4, 0.5) is 0 Å². The molecule has 0 aliphatic rings. The zero-order chi connectivity index (χ0) is 27.7. The van der Waals surface area contributed by atoms with Gasteiger partial charge in [-0.1, -0.05) is 49.6 Å². The van der Waals surface area contributed by atoms with Crippen molar-refractivity contribution in [3.63, 3.8) is 0 Å². The van der Waals surface area contributed by atoms with E-state index in [0.717, 1.165) is 24.6 Å². The average Bonchev–Trinajstić information content (AvgIpc) is 2.89. The number of benzene rings is 2. The lowest BCUT2D eigenvalue weighted by Crippen LogP contribution is -2.31. The highest BCUT2D eigenvalue weighted by Gasteiger charge is 2.22. The second-order valence-electron chi connectivity index (χ2n) is 8.59. The van der Waals surface area contributed by atoms with Crippen LogP contribution in [0, 0.1) is 0 Å². The van der Waals surface area contributed by atoms with Crippen molar-refractivity contribution < 1.29 is 27.9 Å². The summed E-state index contributed by atoms with van der Waals surface area (Å²) in [5.41, 5.74) is 1.19. The summed E-state index contributed by atoms with van der Waals surface area (Å²) < 4.78 is 27.8. The van der Waals surface area contributed by atoms with Crippen molar-refractivity contribution in [2.24, 2.45) is 0 Å². The second-order valence-corrected chi connectivity index (χ2v) is 10.7. The predicted octanol–water partition coefficient (Wildman–Crippen LogP) is 4.26. The van der Waals surface area contributed by atoms with Crippen molar-refractivity contribution in [1.82, 2.24) is 15.0 Å². The Bertz CT molecular complexity index is 1420. The first-order chi connectivity index (χ1) is 18.1. The van der Waals surface area contributed by atoms with Gasteiger partial charge in [0, 0.05) is 23.3 Å². The van der Waals surface area contributed by atoms with Crippen LogP contribution in [0.15, 0.2) is 65.7 Å². The van der Waals surface area contributed by atoms with Gasteiger partial charge in [0.2, 0.25) is 0 Å². The van der Waals surface area contributed by atoms with Crippen molar-refractivity contribution in [1.29, 1.82) is 0 Å². The molecule has 3 aromatic rings. The molecule has 0 unspecified atom stereocenters. The Morgan fingerprint density at radius 2 is 1.68 bits per heavy atom. The molecule has 0 atom stereocenters. The zero-order valence-electron chi connectivity index (χ0n) is 20.7. The molecule has 0 spiro atoms. The normalized spacial score (nSPS) is 11.1. The van der Waals surface area contributed by atoms with Crippen LogP contribution >= 0.6 is 11.6 Å². The van der Waals surface area contributed by atoms with Gasteiger partial charge in [-0.2, -0.15) is 0 Å². The summed E-state index contributed by atoms with van der Waals surface area (Å²) in [5.74, 6) is -2.64. The van der Waals surface area contributed by atoms with Gasteiger partial charge >= 0.3 is 5.97 Å². The number of aromatic carboxylic acids is 1. The number of carboxylic acids is 1. The number of amides is 2. The minimum absolute atomic E-state index is 0.0822. The largest absolute Gasteiger partial charge is 0.477 e. The summed E-state index contributed by atoms with van der Waals surface area (Å²) >= 11 is 5.87. The van der Waals surface area contributed by atoms with Crippen LogP contribution in [0.1, 0.15) is 68.5 Å². The molecule has 2 amide bonds. The third kappa shape index (κ3) is 7.87. The summed E-state index contributed by atoms with van der Waals surface area (Å²) in [7, 11) is -4.33. The highest BCUT2D eigenvalue weighted by molar-refractivity contribution is 7.90. The summed E-state index contributed by atoms with van der Waals surface area (Å²) in [6, 6.07) is 13.9. The van der Waals surface area contributed by atoms with E-state index in [-0.39, 0.29) is 21.7 Å². The molecule has 38 heavy (non-hydrogen) atoms. The monoisotopic (exact) mass is 557 g/mol. The smallest absolute Gasteiger partial charge is 0.354 e. The van der Waals surface area contributed by atoms with Crippen LogP contribution in [-0.4, -0.2) is 42.8 Å². The van der Waals surface area contributed by atoms with E-state index < -0.39 is 27.8 Å². The quantitative estimate of drug-likeness (QED) is 0.282. The van der Waals surface area contributed by atoms with Crippen molar-refractivity contribution in [3.05, 3.63) is 93.8 Å². The van der Waals surface area contributed by atoms with Gasteiger partial charge in [-0.25, -0.2) is 22.9 Å². The Labute approximate surface area is 226 Å². The lowest BCUT2D eigenvalue weighted by atomic mass is 10.0. The summed E-state index contributed by atoms with van der Waals surface area (Å²) in [4.78, 5) is 40.4. The maximum absolute atomic E-state index is 12.9. The van der Waals surface area contributed by atoms with Gasteiger partial charge in [0.1, 0.15) is 0 Å². The zero-order valence-corrected chi connectivity index (χ0v) is 22.3. The number of nitrogens with one attached hydrogen (secondary N) is 2. The van der Waals surface area contributed by atoms with Gasteiger partial charge in [-0.15, -0.1) is 0 Å². The average molecular weight is 558 g/mol. The maximum Gasteiger partial charge on any atom is 0.354 e. The molecule has 0 fully saturated rings. The molecule has 3 N–H and O–H groups in total. The number of unbranched alkanes of at least 4 members (excludes halogenated alkanes) is 2. The topological polar surface area (TPSA) is 143 Å². The number of aromatic nitrogens is 1. The summed E-state index contributed by atoms with van der Waals surface area (Å²) in [5, 5.41) is 12.7. The van der Waals surface area contributed by atoms with E-state index in [9.17, 15) is 27.9 Å². The highest BCUT2D eigenvalue weighted by Crippen LogP contribution is 2.16. The molecule has 0 aliphatic carbocycles. The molecular weight excluding hydrogens is 530 g/mol. The van der Waals surface area contributed by atoms with Gasteiger partial charge in [0.25, 0.3) is 21.8 Å². The molecule has 0 saturated carbocycles. The van der Waals surface area contributed by atoms with Gasteiger partial charge in [-0.05, 0) is 66.8 Å². The number of hydrogen-bond donors (Lipinski definition) is 3. The molecule has 11 heteroatoms. The number of carbonyl (C=O) groups excluding carboxylic acids is 2. The first-order valence-electron chi connectivity index (χ1n) is 12.0. The number of carbonyl (C=O) groups is 3. The molecule has 200 valence electrons. The molecule has 1 aromatic heterocycles. The minimum atomic E-state index is -4.33. The van der Waals surface area contributed by atoms with E-state index in [1.165, 1.54) is 30.3 Å². The first-order valence-corrected chi connectivity index (χ1v) is 13.9. The fourth-order valence-electron chi connectivity index (χ4n) is 3.70. The summed E-state index contributed by atoms with van der Waals surface area (Å²) in [6.07, 6.45) is 4.48. The number of hydrogen-bond acceptors (Lipinski definition) is 6. The Morgan fingerprint density at radius 3 is 2.37 bits per heavy atom. The van der Waals surface area contributed by atoms with E-state index in [2.05, 4.69) is 10.3 Å². The molecule has 0 aliphatic heterocycles. The van der Waals surface area contributed by atoms with E-state index in [0.29, 0.717) is 36.4 Å². The van der Waals surface area contributed by atoms with Crippen LogP contribution in [-0.2, 0) is 22.9 Å². The molecule has 0 radical (unpaired) electrons. The molecule has 2 aromatic carbocycles. The molecular formula is C27H28ClN3O6S. The van der Waals surface area contributed by atoms with Gasteiger partial charge in [-0.3, -0.25) is 9.59 Å².